The normalized spacial score (nSPS) is 18.2. The molecule has 8 rings (SSSR count). The summed E-state index contributed by atoms with van der Waals surface area (Å²) < 4.78 is 19.9. The highest BCUT2D eigenvalue weighted by Gasteiger charge is 2.54. The van der Waals surface area contributed by atoms with Crippen molar-refractivity contribution in [2.75, 3.05) is 57.5 Å². The number of thioether (sulfide) groups is 1. The van der Waals surface area contributed by atoms with Gasteiger partial charge in [-0.2, -0.15) is 4.98 Å². The van der Waals surface area contributed by atoms with Crippen molar-refractivity contribution in [3.63, 3.8) is 0 Å². The minimum absolute atomic E-state index is 0.0306. The first-order valence-corrected chi connectivity index (χ1v) is 25.4. The molecule has 0 bridgehead atoms. The smallest absolute Gasteiger partial charge is 0.258 e. The molecule has 3 aromatic carbocycles. The van der Waals surface area contributed by atoms with Crippen LogP contribution in [-0.4, -0.2) is 134 Å². The van der Waals surface area contributed by atoms with Crippen LogP contribution < -0.4 is 26.0 Å². The van der Waals surface area contributed by atoms with Gasteiger partial charge in [0, 0.05) is 75.3 Å². The van der Waals surface area contributed by atoms with E-state index in [2.05, 4.69) is 53.3 Å². The molecule has 0 spiro atoms. The predicted molar refractivity (Wildman–Crippen MR) is 271 cm³/mol. The first-order chi connectivity index (χ1) is 33.5. The standard InChI is InChI=1S/C50H58ClFN10O6S2/c1-30-41(69-29-56-30)34-11-9-31(10-12-34)24-54-44(64)39-23-36(63)27-62(39)46(66)42(58-47(67)50(52)15-16-50)49(2,3)70-28-33-8-6-7-32(21-33)26-60-17-19-61(20-18-60)45(65)35-13-14-38(40(22-35)68-5)57-48-55-25-37(51)43(53-4)59-48/h6-14,21-22,25,29,36,39,42,63H,15-20,23-24,26-28H2,1-5H3,(H,54,64)(H,58,67)(H2,53,55,57,59)/t36-,39?,42-/m1/s1. The summed E-state index contributed by atoms with van der Waals surface area (Å²) in [6.45, 7) is 8.81. The molecule has 5 N–H and O–H groups in total. The number of thiazole rings is 1. The summed E-state index contributed by atoms with van der Waals surface area (Å²) >= 11 is 9.14. The van der Waals surface area contributed by atoms with E-state index in [1.54, 1.807) is 42.1 Å². The zero-order valence-electron chi connectivity index (χ0n) is 39.8. The maximum atomic E-state index is 15.2. The number of nitrogens with zero attached hydrogens (tertiary/aromatic N) is 6. The molecule has 4 amide bonds. The largest absolute Gasteiger partial charge is 0.495 e. The molecule has 3 aliphatic rings. The molecule has 0 radical (unpaired) electrons. The number of halogens is 2. The van der Waals surface area contributed by atoms with Crippen LogP contribution in [0.4, 0.5) is 21.8 Å². The minimum Gasteiger partial charge on any atom is -0.495 e. The molecule has 3 fully saturated rings. The van der Waals surface area contributed by atoms with Crippen LogP contribution in [0.2, 0.25) is 5.02 Å². The number of hydrogen-bond donors (Lipinski definition) is 5. The number of aliphatic hydroxyl groups is 1. The van der Waals surface area contributed by atoms with Crippen LogP contribution in [0, 0.1) is 6.92 Å². The summed E-state index contributed by atoms with van der Waals surface area (Å²) in [6, 6.07) is 19.0. The number of likely N-dealkylation sites (tertiary alicyclic amines) is 1. The Labute approximate surface area is 420 Å². The third kappa shape index (κ3) is 11.8. The molecule has 20 heteroatoms. The van der Waals surface area contributed by atoms with E-state index in [4.69, 9.17) is 16.3 Å². The molecule has 3 atom stereocenters. The van der Waals surface area contributed by atoms with Crippen molar-refractivity contribution in [3.05, 3.63) is 111 Å². The van der Waals surface area contributed by atoms with Crippen LogP contribution >= 0.6 is 34.7 Å². The van der Waals surface area contributed by atoms with Gasteiger partial charge in [0.2, 0.25) is 17.8 Å². The number of methoxy groups -OCH3 is 1. The number of benzene rings is 3. The highest BCUT2D eigenvalue weighted by atomic mass is 35.5. The zero-order chi connectivity index (χ0) is 49.7. The fourth-order valence-corrected chi connectivity index (χ4v) is 10.7. The topological polar surface area (TPSA) is 194 Å². The predicted octanol–water partition coefficient (Wildman–Crippen LogP) is 6.59. The second-order valence-electron chi connectivity index (χ2n) is 18.4. The van der Waals surface area contributed by atoms with E-state index in [0.717, 1.165) is 32.8 Å². The number of aromatic nitrogens is 3. The quantitative estimate of drug-likeness (QED) is 0.0632. The Morgan fingerprint density at radius 2 is 1.76 bits per heavy atom. The van der Waals surface area contributed by atoms with Crippen molar-refractivity contribution in [3.8, 4) is 16.2 Å². The number of rotatable bonds is 18. The van der Waals surface area contributed by atoms with Gasteiger partial charge in [0.05, 0.1) is 41.2 Å². The highest BCUT2D eigenvalue weighted by molar-refractivity contribution is 7.99. The maximum Gasteiger partial charge on any atom is 0.258 e. The number of piperazine rings is 1. The van der Waals surface area contributed by atoms with Gasteiger partial charge in [-0.05, 0) is 74.1 Å². The van der Waals surface area contributed by atoms with Gasteiger partial charge in [0.25, 0.3) is 11.8 Å². The lowest BCUT2D eigenvalue weighted by Gasteiger charge is -2.37. The Hall–Kier alpha value is -5.86. The molecular weight excluding hydrogens is 955 g/mol. The number of anilines is 3. The van der Waals surface area contributed by atoms with Gasteiger partial charge >= 0.3 is 0 Å². The first-order valence-electron chi connectivity index (χ1n) is 23.2. The van der Waals surface area contributed by atoms with E-state index in [-0.39, 0.29) is 38.3 Å². The minimum atomic E-state index is -2.04. The zero-order valence-corrected chi connectivity index (χ0v) is 42.1. The van der Waals surface area contributed by atoms with Crippen molar-refractivity contribution in [1.82, 2.24) is 40.3 Å². The van der Waals surface area contributed by atoms with Crippen molar-refractivity contribution in [2.45, 2.75) is 87.5 Å². The summed E-state index contributed by atoms with van der Waals surface area (Å²) in [5.74, 6) is -0.198. The molecule has 16 nitrogen and oxygen atoms in total. The van der Waals surface area contributed by atoms with Crippen LogP contribution in [0.1, 0.15) is 65.9 Å². The van der Waals surface area contributed by atoms with Crippen LogP contribution in [0.15, 0.2) is 78.4 Å². The van der Waals surface area contributed by atoms with Crippen molar-refractivity contribution in [1.29, 1.82) is 0 Å². The van der Waals surface area contributed by atoms with E-state index in [9.17, 15) is 24.3 Å². The van der Waals surface area contributed by atoms with Crippen LogP contribution in [0.25, 0.3) is 10.4 Å². The molecule has 1 saturated carbocycles. The first kappa shape index (κ1) is 50.5. The van der Waals surface area contributed by atoms with Gasteiger partial charge in [0.1, 0.15) is 28.7 Å². The number of aryl methyl sites for hydroxylation is 1. The number of aliphatic hydroxyl groups excluding tert-OH is 1. The summed E-state index contributed by atoms with van der Waals surface area (Å²) in [5, 5.41) is 22.9. The lowest BCUT2D eigenvalue weighted by molar-refractivity contribution is -0.143. The summed E-state index contributed by atoms with van der Waals surface area (Å²) in [7, 11) is 3.25. The Bertz CT molecular complexity index is 2720. The number of hydrogen-bond acceptors (Lipinski definition) is 14. The number of nitrogens with one attached hydrogen (secondary N) is 4. The van der Waals surface area contributed by atoms with Gasteiger partial charge in [-0.1, -0.05) is 60.1 Å². The monoisotopic (exact) mass is 1010 g/mol. The molecule has 5 aromatic rings. The number of alkyl halides is 1. The van der Waals surface area contributed by atoms with Gasteiger partial charge in [0.15, 0.2) is 5.67 Å². The lowest BCUT2D eigenvalue weighted by atomic mass is 10.00. The third-order valence-corrected chi connectivity index (χ3v) is 15.7. The molecule has 370 valence electrons. The van der Waals surface area contributed by atoms with E-state index in [1.807, 2.05) is 62.1 Å². The van der Waals surface area contributed by atoms with Crippen LogP contribution in [0.3, 0.4) is 0 Å². The number of ether oxygens (including phenoxy) is 1. The molecule has 4 heterocycles. The third-order valence-electron chi connectivity index (χ3n) is 13.0. The van der Waals surface area contributed by atoms with Crippen molar-refractivity contribution >= 4 is 75.8 Å². The second-order valence-corrected chi connectivity index (χ2v) is 21.3. The lowest BCUT2D eigenvalue weighted by Crippen LogP contribution is -2.61. The van der Waals surface area contributed by atoms with Crippen LogP contribution in [0.5, 0.6) is 5.75 Å². The SMILES string of the molecule is CNc1nc(Nc2ccc(C(=O)N3CCN(Cc4cccc(CSC(C)(C)[C@H](NC(=O)C5(F)CC5)C(=O)N5C[C@H](O)CC5C(=O)NCc5ccc(-c6scnc6C)cc5)c4)CC3)cc2OC)ncc1Cl. The molecule has 2 saturated heterocycles. The fourth-order valence-electron chi connectivity index (χ4n) is 8.63. The Morgan fingerprint density at radius 3 is 2.44 bits per heavy atom. The average molecular weight is 1010 g/mol. The van der Waals surface area contributed by atoms with Gasteiger partial charge in [-0.25, -0.2) is 14.4 Å². The van der Waals surface area contributed by atoms with E-state index in [0.29, 0.717) is 72.3 Å². The van der Waals surface area contributed by atoms with Crippen molar-refractivity contribution < 1.29 is 33.4 Å². The number of β-amino-alcohol motifs (C(OH)–C–C–N with tert-alkyl or cyclic N) is 1. The Balaban J connectivity index is 0.865. The average Bonchev–Trinajstić information content (AvgIpc) is 3.77. The highest BCUT2D eigenvalue weighted by Crippen LogP contribution is 2.41. The Morgan fingerprint density at radius 1 is 1.01 bits per heavy atom. The van der Waals surface area contributed by atoms with Gasteiger partial charge in [-0.3, -0.25) is 24.1 Å². The summed E-state index contributed by atoms with van der Waals surface area (Å²) in [6.07, 6.45) is 0.721. The van der Waals surface area contributed by atoms with Crippen molar-refractivity contribution in [2.24, 2.45) is 0 Å². The van der Waals surface area contributed by atoms with E-state index >= 15 is 4.39 Å². The Kier molecular flexibility index (Phi) is 15.6. The molecule has 1 unspecified atom stereocenters. The molecule has 2 aliphatic heterocycles. The van der Waals surface area contributed by atoms with E-state index in [1.165, 1.54) is 30.0 Å². The van der Waals surface area contributed by atoms with Gasteiger partial charge in [-0.15, -0.1) is 23.1 Å². The second kappa shape index (κ2) is 21.6. The number of amides is 4. The fraction of sp³-hybridized carbons (Fsp3) is 0.420. The number of carbonyl (C=O) groups excluding carboxylic acids is 4. The molecular formula is C50H58ClFN10O6S2. The van der Waals surface area contributed by atoms with Gasteiger partial charge < -0.3 is 40.9 Å². The molecule has 70 heavy (non-hydrogen) atoms. The summed E-state index contributed by atoms with van der Waals surface area (Å²) in [4.78, 5) is 74.7. The van der Waals surface area contributed by atoms with E-state index < -0.39 is 46.3 Å². The molecule has 1 aliphatic carbocycles. The molecule has 2 aromatic heterocycles. The summed E-state index contributed by atoms with van der Waals surface area (Å²) in [5.41, 5.74) is 5.76. The maximum absolute atomic E-state index is 15.2. The van der Waals surface area contributed by atoms with Crippen LogP contribution in [-0.2, 0) is 33.2 Å². The number of carbonyl (C=O) groups is 4.